The lowest BCUT2D eigenvalue weighted by Gasteiger charge is -2.33. The topological polar surface area (TPSA) is 67.2 Å². The van der Waals surface area contributed by atoms with E-state index in [1.165, 1.54) is 15.4 Å². The van der Waals surface area contributed by atoms with Gasteiger partial charge in [-0.3, -0.25) is 9.58 Å². The minimum absolute atomic E-state index is 0.120. The van der Waals surface area contributed by atoms with E-state index in [0.29, 0.717) is 6.54 Å². The predicted molar refractivity (Wildman–Crippen MR) is 96.5 cm³/mol. The van der Waals surface area contributed by atoms with E-state index in [1.807, 2.05) is 17.5 Å². The van der Waals surface area contributed by atoms with Crippen LogP contribution in [0.5, 0.6) is 0 Å². The van der Waals surface area contributed by atoms with Crippen molar-refractivity contribution in [2.75, 3.05) is 18.8 Å². The standard InChI is InChI=1S/C16H24N4O2S2/c1-3-24(21,22)18-9-7-15-11-19(10-14-6-8-17-20(14)15)12-16-5-4-13(2)23-16/h4-6,8,15,18H,3,7,9-12H2,1-2H3. The third-order valence-corrected chi connectivity index (χ3v) is 6.70. The minimum atomic E-state index is -3.14. The number of aryl methyl sites for hydroxylation is 1. The first kappa shape index (κ1) is 17.6. The van der Waals surface area contributed by atoms with Gasteiger partial charge in [0.05, 0.1) is 17.5 Å². The molecule has 1 unspecified atom stereocenters. The highest BCUT2D eigenvalue weighted by atomic mass is 32.2. The van der Waals surface area contributed by atoms with Crippen molar-refractivity contribution >= 4 is 21.4 Å². The summed E-state index contributed by atoms with van der Waals surface area (Å²) in [5, 5.41) is 4.43. The summed E-state index contributed by atoms with van der Waals surface area (Å²) in [5.74, 6) is 0.120. The van der Waals surface area contributed by atoms with Crippen LogP contribution in [0.3, 0.4) is 0 Å². The first-order valence-corrected chi connectivity index (χ1v) is 10.7. The molecule has 0 saturated heterocycles. The molecule has 0 aliphatic carbocycles. The molecule has 1 N–H and O–H groups in total. The highest BCUT2D eigenvalue weighted by Crippen LogP contribution is 2.26. The number of hydrogen-bond acceptors (Lipinski definition) is 5. The summed E-state index contributed by atoms with van der Waals surface area (Å²) in [6.07, 6.45) is 2.57. The van der Waals surface area contributed by atoms with E-state index in [4.69, 9.17) is 0 Å². The first-order chi connectivity index (χ1) is 11.5. The summed E-state index contributed by atoms with van der Waals surface area (Å²) < 4.78 is 27.9. The quantitative estimate of drug-likeness (QED) is 0.813. The van der Waals surface area contributed by atoms with Gasteiger partial charge in [0.15, 0.2) is 0 Å². The largest absolute Gasteiger partial charge is 0.290 e. The average molecular weight is 369 g/mol. The second-order valence-corrected chi connectivity index (χ2v) is 9.66. The van der Waals surface area contributed by atoms with Gasteiger partial charge >= 0.3 is 0 Å². The fourth-order valence-electron chi connectivity index (χ4n) is 3.07. The summed E-state index contributed by atoms with van der Waals surface area (Å²) in [6, 6.07) is 6.60. The van der Waals surface area contributed by atoms with E-state index in [0.717, 1.165) is 26.1 Å². The van der Waals surface area contributed by atoms with Gasteiger partial charge < -0.3 is 0 Å². The SMILES string of the molecule is CCS(=O)(=O)NCCC1CN(Cc2ccc(C)s2)Cc2ccnn21. The Labute approximate surface area is 147 Å². The molecule has 1 atom stereocenters. The number of hydrogen-bond donors (Lipinski definition) is 1. The van der Waals surface area contributed by atoms with Crippen molar-refractivity contribution in [3.05, 3.63) is 39.8 Å². The Hall–Kier alpha value is -1.22. The molecule has 3 heterocycles. The molecular weight excluding hydrogens is 344 g/mol. The maximum Gasteiger partial charge on any atom is 0.211 e. The van der Waals surface area contributed by atoms with Gasteiger partial charge in [0.2, 0.25) is 10.0 Å². The zero-order valence-corrected chi connectivity index (χ0v) is 15.7. The zero-order valence-electron chi connectivity index (χ0n) is 14.1. The van der Waals surface area contributed by atoms with Crippen LogP contribution in [0.2, 0.25) is 0 Å². The van der Waals surface area contributed by atoms with Crippen LogP contribution in [0.25, 0.3) is 0 Å². The number of thiophene rings is 1. The van der Waals surface area contributed by atoms with Gasteiger partial charge in [0.25, 0.3) is 0 Å². The van der Waals surface area contributed by atoms with E-state index >= 15 is 0 Å². The molecule has 0 spiro atoms. The summed E-state index contributed by atoms with van der Waals surface area (Å²) in [7, 11) is -3.14. The normalized spacial score (nSPS) is 18.7. The third-order valence-electron chi connectivity index (χ3n) is 4.31. The van der Waals surface area contributed by atoms with Crippen molar-refractivity contribution in [2.45, 2.75) is 39.4 Å². The molecule has 0 radical (unpaired) electrons. The lowest BCUT2D eigenvalue weighted by atomic mass is 10.1. The Balaban J connectivity index is 1.65. The minimum Gasteiger partial charge on any atom is -0.290 e. The van der Waals surface area contributed by atoms with Gasteiger partial charge in [-0.25, -0.2) is 13.1 Å². The van der Waals surface area contributed by atoms with E-state index in [9.17, 15) is 8.42 Å². The molecule has 8 heteroatoms. The van der Waals surface area contributed by atoms with Crippen molar-refractivity contribution in [3.63, 3.8) is 0 Å². The van der Waals surface area contributed by atoms with Gasteiger partial charge in [0.1, 0.15) is 0 Å². The second-order valence-electron chi connectivity index (χ2n) is 6.19. The predicted octanol–water partition coefficient (Wildman–Crippen LogP) is 2.14. The number of fused-ring (bicyclic) bond motifs is 1. The van der Waals surface area contributed by atoms with E-state index in [-0.39, 0.29) is 11.8 Å². The molecule has 1 aliphatic rings. The average Bonchev–Trinajstić information content (AvgIpc) is 3.16. The Bertz CT molecular complexity index is 782. The van der Waals surface area contributed by atoms with Crippen LogP contribution in [0.1, 0.15) is 34.8 Å². The van der Waals surface area contributed by atoms with E-state index in [1.54, 1.807) is 6.92 Å². The smallest absolute Gasteiger partial charge is 0.211 e. The molecule has 6 nitrogen and oxygen atoms in total. The van der Waals surface area contributed by atoms with Crippen LogP contribution in [-0.4, -0.2) is 41.9 Å². The molecule has 2 aromatic heterocycles. The van der Waals surface area contributed by atoms with Crippen LogP contribution in [-0.2, 0) is 23.1 Å². The number of rotatable bonds is 7. The first-order valence-electron chi connectivity index (χ1n) is 8.24. The van der Waals surface area contributed by atoms with Gasteiger partial charge in [0, 0.05) is 42.1 Å². The summed E-state index contributed by atoms with van der Waals surface area (Å²) in [4.78, 5) is 5.12. The third kappa shape index (κ3) is 4.24. The van der Waals surface area contributed by atoms with Gasteiger partial charge in [-0.1, -0.05) is 0 Å². The summed E-state index contributed by atoms with van der Waals surface area (Å²) in [6.45, 7) is 6.93. The molecule has 3 rings (SSSR count). The molecule has 0 fully saturated rings. The molecule has 1 aliphatic heterocycles. The Morgan fingerprint density at radius 1 is 1.38 bits per heavy atom. The van der Waals surface area contributed by atoms with Gasteiger partial charge in [-0.05, 0) is 38.5 Å². The van der Waals surface area contributed by atoms with Crippen LogP contribution in [0.15, 0.2) is 24.4 Å². The van der Waals surface area contributed by atoms with Crippen molar-refractivity contribution in [1.29, 1.82) is 0 Å². The monoisotopic (exact) mass is 368 g/mol. The number of sulfonamides is 1. The molecule has 132 valence electrons. The molecule has 0 amide bonds. The molecule has 24 heavy (non-hydrogen) atoms. The lowest BCUT2D eigenvalue weighted by molar-refractivity contribution is 0.163. The van der Waals surface area contributed by atoms with Crippen molar-refractivity contribution in [1.82, 2.24) is 19.4 Å². The van der Waals surface area contributed by atoms with Crippen molar-refractivity contribution in [2.24, 2.45) is 0 Å². The van der Waals surface area contributed by atoms with Crippen molar-refractivity contribution in [3.8, 4) is 0 Å². The Kier molecular flexibility index (Phi) is 5.39. The highest BCUT2D eigenvalue weighted by molar-refractivity contribution is 7.89. The summed E-state index contributed by atoms with van der Waals surface area (Å²) in [5.41, 5.74) is 1.19. The second kappa shape index (κ2) is 7.35. The lowest BCUT2D eigenvalue weighted by Crippen LogP contribution is -2.38. The van der Waals surface area contributed by atoms with Crippen molar-refractivity contribution < 1.29 is 8.42 Å². The van der Waals surface area contributed by atoms with E-state index < -0.39 is 10.0 Å². The molecule has 0 saturated carbocycles. The zero-order chi connectivity index (χ0) is 17.2. The highest BCUT2D eigenvalue weighted by Gasteiger charge is 2.25. The van der Waals surface area contributed by atoms with Gasteiger partial charge in [-0.2, -0.15) is 5.10 Å². The fourth-order valence-corrected chi connectivity index (χ4v) is 4.64. The maximum absolute atomic E-state index is 11.6. The Morgan fingerprint density at radius 3 is 2.92 bits per heavy atom. The maximum atomic E-state index is 11.6. The van der Waals surface area contributed by atoms with Gasteiger partial charge in [-0.15, -0.1) is 11.3 Å². The molecule has 2 aromatic rings. The molecular formula is C16H24N4O2S2. The Morgan fingerprint density at radius 2 is 2.21 bits per heavy atom. The van der Waals surface area contributed by atoms with Crippen LogP contribution in [0.4, 0.5) is 0 Å². The van der Waals surface area contributed by atoms with Crippen LogP contribution < -0.4 is 4.72 Å². The fraction of sp³-hybridized carbons (Fsp3) is 0.562. The van der Waals surface area contributed by atoms with E-state index in [2.05, 4.69) is 44.5 Å². The number of aromatic nitrogens is 2. The number of nitrogens with one attached hydrogen (secondary N) is 1. The van der Waals surface area contributed by atoms with Crippen LogP contribution in [0, 0.1) is 6.92 Å². The number of nitrogens with zero attached hydrogens (tertiary/aromatic N) is 3. The molecule has 0 bridgehead atoms. The summed E-state index contributed by atoms with van der Waals surface area (Å²) >= 11 is 1.83. The van der Waals surface area contributed by atoms with Crippen LogP contribution >= 0.6 is 11.3 Å². The molecule has 0 aromatic carbocycles.